The van der Waals surface area contributed by atoms with Crippen LogP contribution in [0, 0.1) is 0 Å². The predicted octanol–water partition coefficient (Wildman–Crippen LogP) is 3.04. The van der Waals surface area contributed by atoms with E-state index < -0.39 is 17.9 Å². The molecule has 0 aliphatic heterocycles. The van der Waals surface area contributed by atoms with Crippen LogP contribution < -0.4 is 0 Å². The van der Waals surface area contributed by atoms with Gasteiger partial charge in [-0.25, -0.2) is 4.79 Å². The molecule has 0 aliphatic carbocycles. The number of carboxylic acids is 1. The molecule has 0 atom stereocenters. The number of aromatic carboxylic acids is 1. The first-order chi connectivity index (χ1) is 6.90. The van der Waals surface area contributed by atoms with E-state index in [2.05, 4.69) is 0 Å². The fourth-order valence-corrected chi connectivity index (χ4v) is 1.73. The van der Waals surface area contributed by atoms with E-state index in [1.165, 1.54) is 24.3 Å². The summed E-state index contributed by atoms with van der Waals surface area (Å²) in [7, 11) is 0. The number of carbonyl (C=O) groups is 1. The Morgan fingerprint density at radius 2 is 1.93 bits per heavy atom. The minimum atomic E-state index is -4.30. The Morgan fingerprint density at radius 1 is 1.33 bits per heavy atom. The van der Waals surface area contributed by atoms with Gasteiger partial charge in [0.25, 0.3) is 0 Å². The van der Waals surface area contributed by atoms with Crippen LogP contribution in [0.1, 0.15) is 10.4 Å². The molecule has 0 fully saturated rings. The molecule has 15 heavy (non-hydrogen) atoms. The summed E-state index contributed by atoms with van der Waals surface area (Å²) >= 11 is 0.476. The Balaban J connectivity index is 2.81. The maximum atomic E-state index is 11.9. The lowest BCUT2D eigenvalue weighted by Crippen LogP contribution is -2.11. The molecule has 0 unspecified atom stereocenters. The van der Waals surface area contributed by atoms with Crippen molar-refractivity contribution in [3.8, 4) is 0 Å². The molecule has 0 amide bonds. The van der Waals surface area contributed by atoms with Crippen molar-refractivity contribution in [2.24, 2.45) is 0 Å². The zero-order chi connectivity index (χ0) is 11.5. The van der Waals surface area contributed by atoms with Gasteiger partial charge in [-0.3, -0.25) is 0 Å². The van der Waals surface area contributed by atoms with Crippen LogP contribution in [0.25, 0.3) is 0 Å². The second kappa shape index (κ2) is 4.57. The van der Waals surface area contributed by atoms with Crippen LogP contribution in [0.15, 0.2) is 29.2 Å². The second-order valence-electron chi connectivity index (χ2n) is 2.71. The van der Waals surface area contributed by atoms with Crippen molar-refractivity contribution >= 4 is 17.7 Å². The van der Waals surface area contributed by atoms with Crippen molar-refractivity contribution < 1.29 is 23.1 Å². The van der Waals surface area contributed by atoms with Crippen LogP contribution in [0.5, 0.6) is 0 Å². The Labute approximate surface area is 88.1 Å². The lowest BCUT2D eigenvalue weighted by Gasteiger charge is -2.07. The first-order valence-electron chi connectivity index (χ1n) is 3.92. The van der Waals surface area contributed by atoms with Gasteiger partial charge in [0.2, 0.25) is 0 Å². The van der Waals surface area contributed by atoms with Crippen molar-refractivity contribution in [2.45, 2.75) is 11.1 Å². The largest absolute Gasteiger partial charge is 0.478 e. The number of halogens is 3. The van der Waals surface area contributed by atoms with Gasteiger partial charge >= 0.3 is 12.1 Å². The maximum absolute atomic E-state index is 11.9. The smallest absolute Gasteiger partial charge is 0.398 e. The summed E-state index contributed by atoms with van der Waals surface area (Å²) in [4.78, 5) is 10.8. The normalized spacial score (nSPS) is 11.4. The first-order valence-corrected chi connectivity index (χ1v) is 4.90. The minimum Gasteiger partial charge on any atom is -0.478 e. The Morgan fingerprint density at radius 3 is 2.47 bits per heavy atom. The number of benzene rings is 1. The molecule has 0 radical (unpaired) electrons. The summed E-state index contributed by atoms with van der Waals surface area (Å²) < 4.78 is 35.7. The standard InChI is InChI=1S/C9H7F3O2S/c10-9(11,12)5-15-7-4-2-1-3-6(7)8(13)14/h1-4H,5H2,(H,13,14). The van der Waals surface area contributed by atoms with Crippen molar-refractivity contribution in [3.05, 3.63) is 29.8 Å². The SMILES string of the molecule is O=C(O)c1ccccc1SCC(F)(F)F. The Kier molecular flexibility index (Phi) is 3.62. The van der Waals surface area contributed by atoms with Gasteiger partial charge in [0, 0.05) is 4.90 Å². The average molecular weight is 236 g/mol. The van der Waals surface area contributed by atoms with Gasteiger partial charge in [-0.05, 0) is 12.1 Å². The second-order valence-corrected chi connectivity index (χ2v) is 3.72. The molecule has 0 bridgehead atoms. The molecule has 0 spiro atoms. The highest BCUT2D eigenvalue weighted by Gasteiger charge is 2.28. The molecule has 0 saturated heterocycles. The molecule has 1 aromatic rings. The molecule has 0 aliphatic rings. The fourth-order valence-electron chi connectivity index (χ4n) is 0.929. The summed E-state index contributed by atoms with van der Waals surface area (Å²) in [6, 6.07) is 5.62. The van der Waals surface area contributed by atoms with E-state index >= 15 is 0 Å². The van der Waals surface area contributed by atoms with Crippen LogP contribution in [-0.4, -0.2) is 23.0 Å². The topological polar surface area (TPSA) is 37.3 Å². The van der Waals surface area contributed by atoms with Crippen molar-refractivity contribution in [3.63, 3.8) is 0 Å². The van der Waals surface area contributed by atoms with Crippen molar-refractivity contribution in [1.29, 1.82) is 0 Å². The molecular formula is C9H7F3O2S. The lowest BCUT2D eigenvalue weighted by molar-refractivity contribution is -0.105. The van der Waals surface area contributed by atoms with Crippen molar-refractivity contribution in [1.82, 2.24) is 0 Å². The Bertz CT molecular complexity index is 363. The average Bonchev–Trinajstić information content (AvgIpc) is 2.14. The third-order valence-electron chi connectivity index (χ3n) is 1.51. The van der Waals surface area contributed by atoms with Crippen LogP contribution in [0.3, 0.4) is 0 Å². The van der Waals surface area contributed by atoms with Gasteiger partial charge in [0.05, 0.1) is 11.3 Å². The van der Waals surface area contributed by atoms with E-state index in [4.69, 9.17) is 5.11 Å². The van der Waals surface area contributed by atoms with Gasteiger partial charge in [0.1, 0.15) is 0 Å². The van der Waals surface area contributed by atoms with E-state index in [-0.39, 0.29) is 10.5 Å². The number of hydrogen-bond acceptors (Lipinski definition) is 2. The summed E-state index contributed by atoms with van der Waals surface area (Å²) in [6.07, 6.45) is -4.30. The highest BCUT2D eigenvalue weighted by Crippen LogP contribution is 2.29. The first kappa shape index (κ1) is 11.9. The van der Waals surface area contributed by atoms with E-state index in [1.807, 2.05) is 0 Å². The highest BCUT2D eigenvalue weighted by atomic mass is 32.2. The zero-order valence-electron chi connectivity index (χ0n) is 7.41. The number of rotatable bonds is 3. The summed E-state index contributed by atoms with van der Waals surface area (Å²) in [5.41, 5.74) is -0.105. The van der Waals surface area contributed by atoms with E-state index in [9.17, 15) is 18.0 Å². The third-order valence-corrected chi connectivity index (χ3v) is 2.65. The lowest BCUT2D eigenvalue weighted by atomic mass is 10.2. The predicted molar refractivity (Wildman–Crippen MR) is 50.2 cm³/mol. The van der Waals surface area contributed by atoms with Gasteiger partial charge in [0.15, 0.2) is 0 Å². The van der Waals surface area contributed by atoms with E-state index in [0.717, 1.165) is 0 Å². The highest BCUT2D eigenvalue weighted by molar-refractivity contribution is 7.99. The van der Waals surface area contributed by atoms with Crippen LogP contribution in [0.4, 0.5) is 13.2 Å². The van der Waals surface area contributed by atoms with Gasteiger partial charge in [-0.15, -0.1) is 11.8 Å². The summed E-state index contributed by atoms with van der Waals surface area (Å²) in [5, 5.41) is 8.70. The molecule has 2 nitrogen and oxygen atoms in total. The third kappa shape index (κ3) is 3.83. The fraction of sp³-hybridized carbons (Fsp3) is 0.222. The molecule has 82 valence electrons. The maximum Gasteiger partial charge on any atom is 0.398 e. The molecule has 0 aromatic heterocycles. The number of thioether (sulfide) groups is 1. The Hall–Kier alpha value is -1.17. The molecule has 0 saturated carbocycles. The molecule has 0 heterocycles. The summed E-state index contributed by atoms with van der Waals surface area (Å²) in [5.74, 6) is -2.31. The van der Waals surface area contributed by atoms with Crippen LogP contribution >= 0.6 is 11.8 Å². The zero-order valence-corrected chi connectivity index (χ0v) is 8.23. The molecule has 1 aromatic carbocycles. The number of hydrogen-bond donors (Lipinski definition) is 1. The molecule has 1 rings (SSSR count). The number of carboxylic acid groups (broad SMARTS) is 1. The van der Waals surface area contributed by atoms with Crippen molar-refractivity contribution in [2.75, 3.05) is 5.75 Å². The van der Waals surface area contributed by atoms with E-state index in [0.29, 0.717) is 11.8 Å². The van der Waals surface area contributed by atoms with Gasteiger partial charge < -0.3 is 5.11 Å². The molecule has 6 heteroatoms. The monoisotopic (exact) mass is 236 g/mol. The quantitative estimate of drug-likeness (QED) is 0.819. The molecule has 1 N–H and O–H groups in total. The van der Waals surface area contributed by atoms with Crippen LogP contribution in [0.2, 0.25) is 0 Å². The minimum absolute atomic E-state index is 0.105. The van der Waals surface area contributed by atoms with Gasteiger partial charge in [-0.1, -0.05) is 12.1 Å². The van der Waals surface area contributed by atoms with Gasteiger partial charge in [-0.2, -0.15) is 13.2 Å². The van der Waals surface area contributed by atoms with E-state index in [1.54, 1.807) is 0 Å². The summed E-state index contributed by atoms with van der Waals surface area (Å²) in [6.45, 7) is 0. The van der Waals surface area contributed by atoms with Crippen LogP contribution in [-0.2, 0) is 0 Å². The number of alkyl halides is 3. The molecular weight excluding hydrogens is 229 g/mol.